The highest BCUT2D eigenvalue weighted by atomic mass is 32.1. The Kier molecular flexibility index (Phi) is 6.20. The Labute approximate surface area is 156 Å². The second-order valence-corrected chi connectivity index (χ2v) is 7.52. The summed E-state index contributed by atoms with van der Waals surface area (Å²) in [6, 6.07) is 6.68. The van der Waals surface area contributed by atoms with Crippen LogP contribution in [0, 0.1) is 6.92 Å². The summed E-state index contributed by atoms with van der Waals surface area (Å²) in [5.41, 5.74) is 3.72. The number of aromatic nitrogens is 1. The van der Waals surface area contributed by atoms with E-state index in [1.807, 2.05) is 19.1 Å². The summed E-state index contributed by atoms with van der Waals surface area (Å²) in [4.78, 5) is 28.1. The van der Waals surface area contributed by atoms with Crippen LogP contribution in [0.25, 0.3) is 10.4 Å². The van der Waals surface area contributed by atoms with Crippen LogP contribution in [0.5, 0.6) is 0 Å². The first-order valence-electron chi connectivity index (χ1n) is 8.01. The van der Waals surface area contributed by atoms with Gasteiger partial charge in [0.2, 0.25) is 0 Å². The zero-order valence-corrected chi connectivity index (χ0v) is 15.9. The Bertz CT molecular complexity index is 765. The average molecular weight is 378 g/mol. The fourth-order valence-corrected chi connectivity index (χ4v) is 3.06. The van der Waals surface area contributed by atoms with E-state index in [4.69, 9.17) is 14.6 Å². The lowest BCUT2D eigenvalue weighted by Gasteiger charge is -2.21. The number of nitrogens with one attached hydrogen (secondary N) is 1. The summed E-state index contributed by atoms with van der Waals surface area (Å²) in [6.07, 6.45) is -2.04. The van der Waals surface area contributed by atoms with Gasteiger partial charge in [0.15, 0.2) is 0 Å². The number of ether oxygens (including phenoxy) is 2. The zero-order chi connectivity index (χ0) is 19.3. The molecular formula is C18H22N2O5S. The number of hydrogen-bond acceptors (Lipinski definition) is 6. The largest absolute Gasteiger partial charge is 0.508 e. The molecule has 7 nitrogen and oxygen atoms in total. The van der Waals surface area contributed by atoms with Crippen LogP contribution in [0.3, 0.4) is 0 Å². The normalized spacial score (nSPS) is 12.3. The smallest absolute Gasteiger partial charge is 0.465 e. The van der Waals surface area contributed by atoms with Crippen molar-refractivity contribution >= 4 is 23.6 Å². The Balaban J connectivity index is 2.10. The van der Waals surface area contributed by atoms with Crippen molar-refractivity contribution in [2.75, 3.05) is 6.61 Å². The molecule has 2 aromatic rings. The molecule has 26 heavy (non-hydrogen) atoms. The van der Waals surface area contributed by atoms with Crippen molar-refractivity contribution in [2.24, 2.45) is 0 Å². The maximum Gasteiger partial charge on any atom is 0.508 e. The van der Waals surface area contributed by atoms with Crippen molar-refractivity contribution in [1.29, 1.82) is 0 Å². The second-order valence-electron chi connectivity index (χ2n) is 6.67. The number of nitrogens with zero attached hydrogens (tertiary/aromatic N) is 1. The van der Waals surface area contributed by atoms with E-state index in [-0.39, 0.29) is 6.61 Å². The molecular weight excluding hydrogens is 356 g/mol. The van der Waals surface area contributed by atoms with Crippen molar-refractivity contribution in [3.05, 3.63) is 41.0 Å². The monoisotopic (exact) mass is 378 g/mol. The molecule has 0 radical (unpaired) electrons. The molecule has 0 aliphatic heterocycles. The number of rotatable bonds is 5. The molecule has 8 heteroatoms. The van der Waals surface area contributed by atoms with Gasteiger partial charge in [-0.3, -0.25) is 0 Å². The first-order chi connectivity index (χ1) is 12.2. The van der Waals surface area contributed by atoms with Gasteiger partial charge in [0.05, 0.1) is 22.1 Å². The molecule has 0 aliphatic carbocycles. The molecule has 2 N–H and O–H groups in total. The van der Waals surface area contributed by atoms with E-state index in [1.165, 1.54) is 0 Å². The minimum atomic E-state index is -1.20. The number of thiazole rings is 1. The summed E-state index contributed by atoms with van der Waals surface area (Å²) in [7, 11) is 0. The van der Waals surface area contributed by atoms with Gasteiger partial charge < -0.3 is 19.9 Å². The highest BCUT2D eigenvalue weighted by Crippen LogP contribution is 2.28. The Morgan fingerprint density at radius 2 is 1.92 bits per heavy atom. The fourth-order valence-electron chi connectivity index (χ4n) is 2.25. The third-order valence-corrected chi connectivity index (χ3v) is 4.35. The van der Waals surface area contributed by atoms with Crippen molar-refractivity contribution < 1.29 is 24.2 Å². The Morgan fingerprint density at radius 1 is 1.27 bits per heavy atom. The first-order valence-corrected chi connectivity index (χ1v) is 8.89. The van der Waals surface area contributed by atoms with Crippen LogP contribution < -0.4 is 5.32 Å². The molecule has 0 fully saturated rings. The molecule has 2 rings (SSSR count). The predicted octanol–water partition coefficient (Wildman–Crippen LogP) is 4.38. The van der Waals surface area contributed by atoms with Gasteiger partial charge >= 0.3 is 12.2 Å². The molecule has 1 heterocycles. The van der Waals surface area contributed by atoms with Gasteiger partial charge in [0.1, 0.15) is 12.2 Å². The number of hydrogen-bond donors (Lipinski definition) is 2. The maximum absolute atomic E-state index is 11.7. The molecule has 140 valence electrons. The quantitative estimate of drug-likeness (QED) is 0.749. The van der Waals surface area contributed by atoms with E-state index in [9.17, 15) is 9.59 Å². The number of carbonyl (C=O) groups excluding carboxylic acids is 1. The number of aryl methyl sites for hydroxylation is 1. The van der Waals surface area contributed by atoms with E-state index >= 15 is 0 Å². The number of benzene rings is 1. The molecule has 0 saturated carbocycles. The molecule has 1 aromatic carbocycles. The van der Waals surface area contributed by atoms with Crippen LogP contribution in [-0.4, -0.2) is 34.5 Å². The topological polar surface area (TPSA) is 97.8 Å². The van der Waals surface area contributed by atoms with Crippen molar-refractivity contribution in [1.82, 2.24) is 10.3 Å². The molecule has 0 bridgehead atoms. The molecule has 1 aromatic heterocycles. The van der Waals surface area contributed by atoms with Gasteiger partial charge in [-0.25, -0.2) is 14.6 Å². The lowest BCUT2D eigenvalue weighted by atomic mass is 10.0. The predicted molar refractivity (Wildman–Crippen MR) is 98.4 cm³/mol. The number of amides is 1. The van der Waals surface area contributed by atoms with Crippen LogP contribution in [0.2, 0.25) is 0 Å². The summed E-state index contributed by atoms with van der Waals surface area (Å²) in [5, 5.41) is 11.4. The molecule has 1 amide bonds. The fraction of sp³-hybridized carbons (Fsp3) is 0.389. The minimum absolute atomic E-state index is 0.167. The van der Waals surface area contributed by atoms with Crippen LogP contribution in [0.15, 0.2) is 29.8 Å². The van der Waals surface area contributed by atoms with Gasteiger partial charge in [-0.15, -0.1) is 11.3 Å². The lowest BCUT2D eigenvalue weighted by molar-refractivity contribution is -0.0107. The van der Waals surface area contributed by atoms with Crippen molar-refractivity contribution in [3.8, 4) is 10.4 Å². The number of carbonyl (C=O) groups is 2. The third-order valence-electron chi connectivity index (χ3n) is 3.38. The van der Waals surface area contributed by atoms with E-state index < -0.39 is 23.9 Å². The molecule has 0 spiro atoms. The second kappa shape index (κ2) is 8.18. The van der Waals surface area contributed by atoms with Gasteiger partial charge in [-0.1, -0.05) is 24.3 Å². The van der Waals surface area contributed by atoms with Crippen LogP contribution in [0.4, 0.5) is 9.59 Å². The number of carboxylic acid groups (broad SMARTS) is 1. The molecule has 0 saturated heterocycles. The summed E-state index contributed by atoms with van der Waals surface area (Å²) >= 11 is 1.54. The van der Waals surface area contributed by atoms with Gasteiger partial charge in [0.25, 0.3) is 0 Å². The van der Waals surface area contributed by atoms with Crippen LogP contribution in [-0.2, 0) is 9.47 Å². The Hall–Kier alpha value is -2.61. The third kappa shape index (κ3) is 5.73. The first kappa shape index (κ1) is 19.7. The maximum atomic E-state index is 11.7. The van der Waals surface area contributed by atoms with E-state index in [1.54, 1.807) is 49.8 Å². The van der Waals surface area contributed by atoms with E-state index in [0.29, 0.717) is 5.56 Å². The van der Waals surface area contributed by atoms with Crippen molar-refractivity contribution in [2.45, 2.75) is 39.3 Å². The minimum Gasteiger partial charge on any atom is -0.465 e. The Morgan fingerprint density at radius 3 is 2.42 bits per heavy atom. The standard InChI is InChI=1S/C18H22N2O5S/c1-11-15(26-10-19-11)13-7-5-12(6-8-13)14(20-16(21)22)9-24-17(23)25-18(2,3)4/h5-8,10,14,20H,9H2,1-4H3,(H,21,22). The van der Waals surface area contributed by atoms with Crippen LogP contribution >= 0.6 is 11.3 Å². The van der Waals surface area contributed by atoms with Gasteiger partial charge in [-0.05, 0) is 38.8 Å². The van der Waals surface area contributed by atoms with Crippen molar-refractivity contribution in [3.63, 3.8) is 0 Å². The van der Waals surface area contributed by atoms with Gasteiger partial charge in [-0.2, -0.15) is 0 Å². The highest BCUT2D eigenvalue weighted by molar-refractivity contribution is 7.13. The molecule has 1 atom stereocenters. The highest BCUT2D eigenvalue weighted by Gasteiger charge is 2.21. The van der Waals surface area contributed by atoms with E-state index in [2.05, 4.69) is 10.3 Å². The average Bonchev–Trinajstić information content (AvgIpc) is 2.96. The van der Waals surface area contributed by atoms with Crippen LogP contribution in [0.1, 0.15) is 38.1 Å². The summed E-state index contributed by atoms with van der Waals surface area (Å²) in [5.74, 6) is 0. The van der Waals surface area contributed by atoms with Gasteiger partial charge in [0, 0.05) is 0 Å². The lowest BCUT2D eigenvalue weighted by Crippen LogP contribution is -2.32. The molecule has 0 aliphatic rings. The SMILES string of the molecule is Cc1ncsc1-c1ccc(C(COC(=O)OC(C)(C)C)NC(=O)O)cc1. The van der Waals surface area contributed by atoms with E-state index in [0.717, 1.165) is 16.1 Å². The summed E-state index contributed by atoms with van der Waals surface area (Å²) in [6.45, 7) is 6.94. The summed E-state index contributed by atoms with van der Waals surface area (Å²) < 4.78 is 10.1. The molecule has 1 unspecified atom stereocenters. The zero-order valence-electron chi connectivity index (χ0n) is 15.1.